The standard InChI is InChI=1S/C18H22N6O2/c25-10-2-1-6-20-18(26)16-15-11-19-8-9-23(15)17(22-16)14-5-7-21-24(14)12-13-3-4-13/h5,7-9,11,13,25H,1-4,6,10,12H2,(H,20,26). The first-order valence-electron chi connectivity index (χ1n) is 9.01. The van der Waals surface area contributed by atoms with Crippen molar-refractivity contribution >= 4 is 11.4 Å². The third kappa shape index (κ3) is 3.32. The highest BCUT2D eigenvalue weighted by Gasteiger charge is 2.25. The molecule has 3 heterocycles. The fourth-order valence-electron chi connectivity index (χ4n) is 3.02. The zero-order valence-electron chi connectivity index (χ0n) is 14.5. The Balaban J connectivity index is 1.66. The van der Waals surface area contributed by atoms with Crippen LogP contribution in [0.4, 0.5) is 0 Å². The van der Waals surface area contributed by atoms with E-state index in [4.69, 9.17) is 5.11 Å². The summed E-state index contributed by atoms with van der Waals surface area (Å²) in [4.78, 5) is 21.3. The molecule has 0 spiro atoms. The summed E-state index contributed by atoms with van der Waals surface area (Å²) in [6, 6.07) is 1.93. The van der Waals surface area contributed by atoms with Crippen LogP contribution in [0.25, 0.3) is 17.0 Å². The Bertz CT molecular complexity index is 911. The van der Waals surface area contributed by atoms with E-state index in [1.54, 1.807) is 18.6 Å². The Labute approximate surface area is 150 Å². The number of amides is 1. The lowest BCUT2D eigenvalue weighted by molar-refractivity contribution is 0.0949. The van der Waals surface area contributed by atoms with Crippen molar-refractivity contribution in [2.24, 2.45) is 5.92 Å². The Kier molecular flexibility index (Phi) is 4.66. The predicted molar refractivity (Wildman–Crippen MR) is 95.6 cm³/mol. The van der Waals surface area contributed by atoms with E-state index in [1.165, 1.54) is 12.8 Å². The second-order valence-electron chi connectivity index (χ2n) is 6.64. The van der Waals surface area contributed by atoms with Crippen molar-refractivity contribution in [3.8, 4) is 11.5 Å². The Morgan fingerprint density at radius 2 is 2.19 bits per heavy atom. The average Bonchev–Trinajstić information content (AvgIpc) is 3.22. The summed E-state index contributed by atoms with van der Waals surface area (Å²) in [6.07, 6.45) is 10.8. The molecule has 1 aliphatic carbocycles. The van der Waals surface area contributed by atoms with E-state index in [0.717, 1.165) is 18.7 Å². The van der Waals surface area contributed by atoms with Crippen LogP contribution in [0, 0.1) is 5.92 Å². The first-order valence-corrected chi connectivity index (χ1v) is 9.01. The molecular weight excluding hydrogens is 332 g/mol. The molecule has 0 unspecified atom stereocenters. The lowest BCUT2D eigenvalue weighted by atomic mass is 10.3. The number of aromatic nitrogens is 5. The molecule has 1 aliphatic rings. The highest BCUT2D eigenvalue weighted by molar-refractivity contribution is 5.99. The SMILES string of the molecule is O=C(NCCCCO)c1nc(-c2ccnn2CC2CC2)n2ccncc12. The number of hydrogen-bond acceptors (Lipinski definition) is 5. The minimum atomic E-state index is -0.229. The second-order valence-corrected chi connectivity index (χ2v) is 6.64. The van der Waals surface area contributed by atoms with Gasteiger partial charge >= 0.3 is 0 Å². The highest BCUT2D eigenvalue weighted by Crippen LogP contribution is 2.32. The van der Waals surface area contributed by atoms with Crippen molar-refractivity contribution in [1.82, 2.24) is 29.5 Å². The summed E-state index contributed by atoms with van der Waals surface area (Å²) in [5, 5.41) is 16.1. The third-order valence-corrected chi connectivity index (χ3v) is 4.61. The maximum atomic E-state index is 12.6. The molecule has 3 aromatic rings. The van der Waals surface area contributed by atoms with Crippen LogP contribution in [0.15, 0.2) is 30.9 Å². The predicted octanol–water partition coefficient (Wildman–Crippen LogP) is 1.51. The van der Waals surface area contributed by atoms with Gasteiger partial charge in [-0.1, -0.05) is 0 Å². The Morgan fingerprint density at radius 1 is 1.31 bits per heavy atom. The van der Waals surface area contributed by atoms with E-state index in [1.807, 2.05) is 21.3 Å². The number of carbonyl (C=O) groups is 1. The van der Waals surface area contributed by atoms with Gasteiger partial charge in [-0.25, -0.2) is 4.98 Å². The van der Waals surface area contributed by atoms with Crippen molar-refractivity contribution < 1.29 is 9.90 Å². The van der Waals surface area contributed by atoms with Gasteiger partial charge in [0.25, 0.3) is 5.91 Å². The van der Waals surface area contributed by atoms with Gasteiger partial charge in [-0.2, -0.15) is 5.10 Å². The van der Waals surface area contributed by atoms with Crippen molar-refractivity contribution in [1.29, 1.82) is 0 Å². The van der Waals surface area contributed by atoms with Gasteiger partial charge in [0.1, 0.15) is 5.69 Å². The zero-order valence-corrected chi connectivity index (χ0v) is 14.5. The van der Waals surface area contributed by atoms with Gasteiger partial charge in [0.05, 0.1) is 11.7 Å². The topological polar surface area (TPSA) is 97.3 Å². The molecule has 1 fully saturated rings. The summed E-state index contributed by atoms with van der Waals surface area (Å²) >= 11 is 0. The number of imidazole rings is 1. The van der Waals surface area contributed by atoms with Crippen LogP contribution in [0.1, 0.15) is 36.2 Å². The summed E-state index contributed by atoms with van der Waals surface area (Å²) in [7, 11) is 0. The smallest absolute Gasteiger partial charge is 0.272 e. The molecule has 1 saturated carbocycles. The molecule has 0 aromatic carbocycles. The molecule has 0 radical (unpaired) electrons. The van der Waals surface area contributed by atoms with Crippen molar-refractivity contribution in [3.05, 3.63) is 36.5 Å². The van der Waals surface area contributed by atoms with Crippen LogP contribution in [0.2, 0.25) is 0 Å². The number of hydrogen-bond donors (Lipinski definition) is 2. The van der Waals surface area contributed by atoms with Gasteiger partial charge in [-0.3, -0.25) is 18.9 Å². The number of unbranched alkanes of at least 4 members (excludes halogenated alkanes) is 1. The molecular formula is C18H22N6O2. The molecule has 0 saturated heterocycles. The van der Waals surface area contributed by atoms with E-state index in [0.29, 0.717) is 35.9 Å². The Hall–Kier alpha value is -2.74. The fourth-order valence-corrected chi connectivity index (χ4v) is 3.02. The highest BCUT2D eigenvalue weighted by atomic mass is 16.3. The molecule has 0 aliphatic heterocycles. The van der Waals surface area contributed by atoms with Gasteiger partial charge in [0.2, 0.25) is 0 Å². The number of aliphatic hydroxyl groups excluding tert-OH is 1. The van der Waals surface area contributed by atoms with Crippen LogP contribution >= 0.6 is 0 Å². The zero-order chi connectivity index (χ0) is 17.9. The number of rotatable bonds is 8. The van der Waals surface area contributed by atoms with E-state index < -0.39 is 0 Å². The molecule has 1 amide bonds. The minimum absolute atomic E-state index is 0.127. The molecule has 8 nitrogen and oxygen atoms in total. The molecule has 2 N–H and O–H groups in total. The van der Waals surface area contributed by atoms with Crippen molar-refractivity contribution in [3.63, 3.8) is 0 Å². The maximum Gasteiger partial charge on any atom is 0.272 e. The summed E-state index contributed by atoms with van der Waals surface area (Å²) < 4.78 is 3.85. The van der Waals surface area contributed by atoms with Gasteiger partial charge in [0.15, 0.2) is 11.5 Å². The minimum Gasteiger partial charge on any atom is -0.396 e. The Morgan fingerprint density at radius 3 is 3.00 bits per heavy atom. The van der Waals surface area contributed by atoms with Crippen LogP contribution in [0.3, 0.4) is 0 Å². The van der Waals surface area contributed by atoms with E-state index in [9.17, 15) is 4.79 Å². The molecule has 4 rings (SSSR count). The quantitative estimate of drug-likeness (QED) is 0.598. The fraction of sp³-hybridized carbons (Fsp3) is 0.444. The number of nitrogens with one attached hydrogen (secondary N) is 1. The molecule has 8 heteroatoms. The van der Waals surface area contributed by atoms with Crippen molar-refractivity contribution in [2.75, 3.05) is 13.2 Å². The van der Waals surface area contributed by atoms with Gasteiger partial charge in [-0.05, 0) is 37.7 Å². The second kappa shape index (κ2) is 7.25. The number of carbonyl (C=O) groups excluding carboxylic acids is 1. The first-order chi connectivity index (χ1) is 12.8. The first kappa shape index (κ1) is 16.7. The summed E-state index contributed by atoms with van der Waals surface area (Å²) in [6.45, 7) is 1.51. The van der Waals surface area contributed by atoms with Crippen LogP contribution < -0.4 is 5.32 Å². The van der Waals surface area contributed by atoms with Crippen molar-refractivity contribution in [2.45, 2.75) is 32.2 Å². The number of fused-ring (bicyclic) bond motifs is 1. The van der Waals surface area contributed by atoms with E-state index in [2.05, 4.69) is 20.4 Å². The largest absolute Gasteiger partial charge is 0.396 e. The molecule has 0 atom stereocenters. The third-order valence-electron chi connectivity index (χ3n) is 4.61. The van der Waals surface area contributed by atoms with Gasteiger partial charge < -0.3 is 10.4 Å². The van der Waals surface area contributed by atoms with Gasteiger partial charge in [0, 0.05) is 38.3 Å². The average molecular weight is 354 g/mol. The van der Waals surface area contributed by atoms with Crippen LogP contribution in [-0.2, 0) is 6.54 Å². The summed E-state index contributed by atoms with van der Waals surface area (Å²) in [5.74, 6) is 1.16. The monoisotopic (exact) mass is 354 g/mol. The van der Waals surface area contributed by atoms with E-state index in [-0.39, 0.29) is 12.5 Å². The van der Waals surface area contributed by atoms with Crippen LogP contribution in [-0.4, -0.2) is 48.3 Å². The molecule has 3 aromatic heterocycles. The van der Waals surface area contributed by atoms with E-state index >= 15 is 0 Å². The molecule has 0 bridgehead atoms. The number of nitrogens with zero attached hydrogens (tertiary/aromatic N) is 5. The number of aliphatic hydroxyl groups is 1. The van der Waals surface area contributed by atoms with Crippen LogP contribution in [0.5, 0.6) is 0 Å². The molecule has 136 valence electrons. The summed E-state index contributed by atoms with van der Waals surface area (Å²) in [5.41, 5.74) is 1.93. The normalized spacial score (nSPS) is 14.0. The lowest BCUT2D eigenvalue weighted by Gasteiger charge is -2.05. The lowest BCUT2D eigenvalue weighted by Crippen LogP contribution is -2.25. The molecule has 26 heavy (non-hydrogen) atoms. The maximum absolute atomic E-state index is 12.6. The van der Waals surface area contributed by atoms with Gasteiger partial charge in [-0.15, -0.1) is 0 Å².